The van der Waals surface area contributed by atoms with Gasteiger partial charge in [-0.05, 0) is 81.6 Å². The molecule has 0 saturated heterocycles. The van der Waals surface area contributed by atoms with Crippen LogP contribution in [0.15, 0.2) is 88.3 Å². The lowest BCUT2D eigenvalue weighted by atomic mass is 9.70. The molecule has 0 radical (unpaired) electrons. The topological polar surface area (TPSA) is 148 Å². The van der Waals surface area contributed by atoms with Crippen LogP contribution in [-0.2, 0) is 36.5 Å². The molecule has 1 saturated carbocycles. The highest BCUT2D eigenvalue weighted by atomic mass is 33.1. The zero-order chi connectivity index (χ0) is 37.8. The smallest absolute Gasteiger partial charge is 0.421 e. The normalized spacial score (nSPS) is 17.4. The first-order chi connectivity index (χ1) is 25.5. The van der Waals surface area contributed by atoms with Gasteiger partial charge < -0.3 is 24.0 Å². The fraction of sp³-hybridized carbons (Fsp3) is 0.410. The van der Waals surface area contributed by atoms with Gasteiger partial charge in [0.1, 0.15) is 23.7 Å². The average molecular weight is 782 g/mol. The summed E-state index contributed by atoms with van der Waals surface area (Å²) in [4.78, 5) is 27.6. The van der Waals surface area contributed by atoms with Crippen LogP contribution >= 0.6 is 21.6 Å². The molecule has 2 N–H and O–H groups in total. The molecule has 14 heteroatoms. The Kier molecular flexibility index (Phi) is 14.5. The van der Waals surface area contributed by atoms with Gasteiger partial charge in [-0.1, -0.05) is 93.8 Å². The number of nitrogens with zero attached hydrogens (tertiary/aromatic N) is 2. The van der Waals surface area contributed by atoms with Gasteiger partial charge in [0.25, 0.3) is 10.0 Å². The van der Waals surface area contributed by atoms with Crippen LogP contribution in [0.3, 0.4) is 0 Å². The van der Waals surface area contributed by atoms with Gasteiger partial charge in [0.15, 0.2) is 0 Å². The molecule has 2 atom stereocenters. The third kappa shape index (κ3) is 10.7. The summed E-state index contributed by atoms with van der Waals surface area (Å²) in [6.07, 6.45) is 3.58. The fourth-order valence-electron chi connectivity index (χ4n) is 6.72. The van der Waals surface area contributed by atoms with Crippen molar-refractivity contribution in [3.05, 3.63) is 95.7 Å². The summed E-state index contributed by atoms with van der Waals surface area (Å²) in [5.41, 5.74) is 4.01. The Labute approximate surface area is 319 Å². The number of ether oxygens (including phenoxy) is 2. The molecular weight excluding hydrogens is 735 g/mol. The Balaban J connectivity index is 1.03. The Morgan fingerprint density at radius 3 is 2.49 bits per heavy atom. The first-order valence-corrected chi connectivity index (χ1v) is 21.6. The molecular formula is C39H47N3O8S3. The molecule has 284 valence electrons. The summed E-state index contributed by atoms with van der Waals surface area (Å²) in [5, 5.41) is 13.9. The molecule has 1 aromatic heterocycles. The number of aliphatic hydroxyl groups is 1. The molecule has 4 aromatic rings. The van der Waals surface area contributed by atoms with E-state index >= 15 is 0 Å². The number of esters is 1. The highest BCUT2D eigenvalue weighted by Crippen LogP contribution is 2.46. The number of nitrogens with one attached hydrogen (secondary N) is 1. The summed E-state index contributed by atoms with van der Waals surface area (Å²) in [6, 6.07) is 23.4. The lowest BCUT2D eigenvalue weighted by Crippen LogP contribution is -2.46. The minimum Gasteiger partial charge on any atom is -0.454 e. The van der Waals surface area contributed by atoms with E-state index in [1.54, 1.807) is 22.9 Å². The maximum atomic E-state index is 13.2. The Bertz CT molecular complexity index is 1920. The molecule has 1 aliphatic rings. The van der Waals surface area contributed by atoms with Crippen molar-refractivity contribution >= 4 is 43.7 Å². The minimum atomic E-state index is -4.16. The summed E-state index contributed by atoms with van der Waals surface area (Å²) < 4.78 is 44.6. The van der Waals surface area contributed by atoms with E-state index < -0.39 is 21.7 Å². The summed E-state index contributed by atoms with van der Waals surface area (Å²) in [6.45, 7) is 2.55. The highest BCUT2D eigenvalue weighted by Gasteiger charge is 2.45. The van der Waals surface area contributed by atoms with Crippen LogP contribution in [-0.4, -0.2) is 74.4 Å². The molecule has 0 spiro atoms. The number of hydrogen-bond acceptors (Lipinski definition) is 12. The van der Waals surface area contributed by atoms with E-state index in [1.165, 1.54) is 22.9 Å². The van der Waals surface area contributed by atoms with Gasteiger partial charge in [-0.25, -0.2) is 17.9 Å². The number of hydrogen-bond donors (Lipinski definition) is 2. The number of benzene rings is 3. The van der Waals surface area contributed by atoms with E-state index in [4.69, 9.17) is 14.0 Å². The molecule has 1 amide bonds. The number of carbonyl (C=O) groups excluding carboxylic acids is 2. The van der Waals surface area contributed by atoms with E-state index in [0.717, 1.165) is 54.5 Å². The van der Waals surface area contributed by atoms with Gasteiger partial charge in [0.05, 0.1) is 17.1 Å². The number of sulfonamides is 1. The molecule has 5 rings (SSSR count). The van der Waals surface area contributed by atoms with E-state index in [2.05, 4.69) is 10.1 Å². The van der Waals surface area contributed by atoms with Crippen LogP contribution in [0.1, 0.15) is 55.4 Å². The van der Waals surface area contributed by atoms with Gasteiger partial charge in [-0.15, -0.1) is 0 Å². The number of aromatic nitrogens is 1. The van der Waals surface area contributed by atoms with Crippen LogP contribution in [0.4, 0.5) is 4.79 Å². The second kappa shape index (κ2) is 19.0. The standard InChI is InChI=1S/C39H47N3O8S3/c1-28-36(30-12-5-4-6-13-30)37(40-50-28)31-17-19-34(20-18-31)53(46,47)41-38(45)48-22-24-52-51-23-10-16-35(44)49-39(32-15-9-11-29(25-32)27-43)21-8-7-14-33(39)26-42(2)3/h4-6,9,11-13,15,17-20,25,33,43H,7-8,10,14,16,21-24,26-27H2,1-3H3,(H,41,45)/t33-,39+/m1/s1. The minimum absolute atomic E-state index is 0.0104. The zero-order valence-corrected chi connectivity index (χ0v) is 32.7. The van der Waals surface area contributed by atoms with Gasteiger partial charge in [0, 0.05) is 36.0 Å². The van der Waals surface area contributed by atoms with Crippen molar-refractivity contribution in [2.24, 2.45) is 5.92 Å². The SMILES string of the molecule is Cc1onc(-c2ccc(S(=O)(=O)NC(=O)OCCSSCCCC(=O)O[C@]3(c4cccc(CO)c4)CCCC[C@@H]3CN(C)C)cc2)c1-c1ccccc1. The van der Waals surface area contributed by atoms with Crippen LogP contribution in [0.25, 0.3) is 22.4 Å². The van der Waals surface area contributed by atoms with Crippen molar-refractivity contribution in [3.63, 3.8) is 0 Å². The van der Waals surface area contributed by atoms with Gasteiger partial charge in [-0.2, -0.15) is 0 Å². The zero-order valence-electron chi connectivity index (χ0n) is 30.3. The van der Waals surface area contributed by atoms with Crippen LogP contribution in [0, 0.1) is 12.8 Å². The molecule has 0 unspecified atom stereocenters. The van der Waals surface area contributed by atoms with E-state index in [0.29, 0.717) is 34.9 Å². The van der Waals surface area contributed by atoms with Crippen molar-refractivity contribution in [3.8, 4) is 22.4 Å². The fourth-order valence-corrected chi connectivity index (χ4v) is 9.53. The summed E-state index contributed by atoms with van der Waals surface area (Å²) in [5.74, 6) is 1.67. The largest absolute Gasteiger partial charge is 0.454 e. The van der Waals surface area contributed by atoms with Crippen LogP contribution < -0.4 is 4.72 Å². The van der Waals surface area contributed by atoms with Gasteiger partial charge in [-0.3, -0.25) is 4.79 Å². The van der Waals surface area contributed by atoms with Crippen LogP contribution in [0.2, 0.25) is 0 Å². The van der Waals surface area contributed by atoms with Crippen molar-refractivity contribution in [1.82, 2.24) is 14.8 Å². The molecule has 0 bridgehead atoms. The van der Waals surface area contributed by atoms with Gasteiger partial charge >= 0.3 is 12.1 Å². The van der Waals surface area contributed by atoms with Gasteiger partial charge in [0.2, 0.25) is 0 Å². The molecule has 11 nitrogen and oxygen atoms in total. The van der Waals surface area contributed by atoms with Crippen molar-refractivity contribution in [2.45, 2.75) is 62.6 Å². The van der Waals surface area contributed by atoms with Crippen molar-refractivity contribution < 1.29 is 37.1 Å². The Morgan fingerprint density at radius 1 is 1.00 bits per heavy atom. The van der Waals surface area contributed by atoms with E-state index in [-0.39, 0.29) is 36.4 Å². The Morgan fingerprint density at radius 2 is 1.75 bits per heavy atom. The monoisotopic (exact) mass is 781 g/mol. The first kappa shape index (κ1) is 40.4. The average Bonchev–Trinajstić information content (AvgIpc) is 3.54. The maximum Gasteiger partial charge on any atom is 0.421 e. The maximum absolute atomic E-state index is 13.2. The second-order valence-electron chi connectivity index (χ2n) is 13.3. The predicted molar refractivity (Wildman–Crippen MR) is 209 cm³/mol. The number of aryl methyl sites for hydroxylation is 1. The molecule has 1 heterocycles. The lowest BCUT2D eigenvalue weighted by molar-refractivity contribution is -0.174. The van der Waals surface area contributed by atoms with E-state index in [9.17, 15) is 23.1 Å². The molecule has 1 fully saturated rings. The Hall–Kier alpha value is -3.82. The predicted octanol–water partition coefficient (Wildman–Crippen LogP) is 7.58. The number of aliphatic hydroxyl groups excluding tert-OH is 1. The van der Waals surface area contributed by atoms with E-state index in [1.807, 2.05) is 80.3 Å². The third-order valence-electron chi connectivity index (χ3n) is 9.16. The van der Waals surface area contributed by atoms with Crippen molar-refractivity contribution in [2.75, 3.05) is 38.8 Å². The first-order valence-electron chi connectivity index (χ1n) is 17.7. The summed E-state index contributed by atoms with van der Waals surface area (Å²) >= 11 is 0. The summed E-state index contributed by atoms with van der Waals surface area (Å²) in [7, 11) is 2.92. The molecule has 53 heavy (non-hydrogen) atoms. The number of amides is 1. The number of carbonyl (C=O) groups is 2. The van der Waals surface area contributed by atoms with Crippen molar-refractivity contribution in [1.29, 1.82) is 0 Å². The lowest BCUT2D eigenvalue weighted by Gasteiger charge is -2.45. The highest BCUT2D eigenvalue weighted by molar-refractivity contribution is 8.76. The molecule has 3 aromatic carbocycles. The number of rotatable bonds is 17. The third-order valence-corrected chi connectivity index (χ3v) is 12.9. The quantitative estimate of drug-likeness (QED) is 0.0618. The molecule has 0 aliphatic heterocycles. The molecule has 1 aliphatic carbocycles. The second-order valence-corrected chi connectivity index (χ2v) is 17.7. The van der Waals surface area contributed by atoms with Crippen LogP contribution in [0.5, 0.6) is 0 Å².